The Morgan fingerprint density at radius 1 is 1.38 bits per heavy atom. The highest BCUT2D eigenvalue weighted by Crippen LogP contribution is 2.28. The van der Waals surface area contributed by atoms with E-state index < -0.39 is 22.4 Å². The molecule has 1 aliphatic carbocycles. The topological polar surface area (TPSA) is 66.4 Å². The summed E-state index contributed by atoms with van der Waals surface area (Å²) in [5, 5.41) is 9.21. The van der Waals surface area contributed by atoms with Gasteiger partial charge in [0.15, 0.2) is 0 Å². The number of nitrogens with one attached hydrogen (secondary N) is 1. The molecule has 2 atom stereocenters. The SMILES string of the molecule is CC1CCCC(CNS(=O)(=O)c2cc(F)ccc2CO)C1. The lowest BCUT2D eigenvalue weighted by Crippen LogP contribution is -2.32. The first-order valence-electron chi connectivity index (χ1n) is 7.31. The van der Waals surface area contributed by atoms with Crippen LogP contribution in [0.2, 0.25) is 0 Å². The zero-order valence-electron chi connectivity index (χ0n) is 12.2. The molecule has 2 rings (SSSR count). The van der Waals surface area contributed by atoms with Crippen molar-refractivity contribution in [1.82, 2.24) is 4.72 Å². The van der Waals surface area contributed by atoms with Gasteiger partial charge in [0.05, 0.1) is 11.5 Å². The van der Waals surface area contributed by atoms with Crippen LogP contribution in [0, 0.1) is 17.7 Å². The van der Waals surface area contributed by atoms with Crippen molar-refractivity contribution in [2.75, 3.05) is 6.54 Å². The number of hydrogen-bond donors (Lipinski definition) is 2. The molecule has 2 unspecified atom stereocenters. The first kappa shape index (κ1) is 16.4. The van der Waals surface area contributed by atoms with E-state index >= 15 is 0 Å². The molecule has 0 aromatic heterocycles. The molecule has 0 spiro atoms. The second-order valence-electron chi connectivity index (χ2n) is 5.90. The summed E-state index contributed by atoms with van der Waals surface area (Å²) < 4.78 is 40.4. The second-order valence-corrected chi connectivity index (χ2v) is 7.64. The smallest absolute Gasteiger partial charge is 0.241 e. The molecular weight excluding hydrogens is 293 g/mol. The molecule has 2 N–H and O–H groups in total. The Bertz CT molecular complexity index is 589. The van der Waals surface area contributed by atoms with Crippen LogP contribution in [-0.4, -0.2) is 20.1 Å². The van der Waals surface area contributed by atoms with Crippen LogP contribution in [0.5, 0.6) is 0 Å². The van der Waals surface area contributed by atoms with Gasteiger partial charge >= 0.3 is 0 Å². The first-order valence-corrected chi connectivity index (χ1v) is 8.79. The Morgan fingerprint density at radius 3 is 2.81 bits per heavy atom. The van der Waals surface area contributed by atoms with E-state index in [1.54, 1.807) is 0 Å². The van der Waals surface area contributed by atoms with Crippen molar-refractivity contribution in [2.24, 2.45) is 11.8 Å². The van der Waals surface area contributed by atoms with Gasteiger partial charge in [-0.3, -0.25) is 0 Å². The normalized spacial score (nSPS) is 23.2. The van der Waals surface area contributed by atoms with Crippen molar-refractivity contribution < 1.29 is 17.9 Å². The van der Waals surface area contributed by atoms with Gasteiger partial charge in [0, 0.05) is 6.54 Å². The molecule has 0 radical (unpaired) electrons. The minimum Gasteiger partial charge on any atom is -0.392 e. The lowest BCUT2D eigenvalue weighted by atomic mass is 9.83. The van der Waals surface area contributed by atoms with Crippen LogP contribution in [0.4, 0.5) is 4.39 Å². The molecule has 1 aromatic carbocycles. The molecular formula is C15H22FNO3S. The van der Waals surface area contributed by atoms with Crippen molar-refractivity contribution in [3.63, 3.8) is 0 Å². The lowest BCUT2D eigenvalue weighted by molar-refractivity contribution is 0.277. The zero-order valence-corrected chi connectivity index (χ0v) is 13.0. The Hall–Kier alpha value is -0.980. The third-order valence-corrected chi connectivity index (χ3v) is 5.60. The van der Waals surface area contributed by atoms with Crippen LogP contribution in [0.3, 0.4) is 0 Å². The molecule has 4 nitrogen and oxygen atoms in total. The van der Waals surface area contributed by atoms with Gasteiger partial charge < -0.3 is 5.11 Å². The van der Waals surface area contributed by atoms with Gasteiger partial charge in [-0.15, -0.1) is 0 Å². The third-order valence-electron chi connectivity index (χ3n) is 4.10. The predicted octanol–water partition coefficient (Wildman–Crippen LogP) is 2.42. The number of benzene rings is 1. The number of halogens is 1. The molecule has 1 aromatic rings. The number of aliphatic hydroxyl groups excluding tert-OH is 1. The average Bonchev–Trinajstić information content (AvgIpc) is 2.45. The quantitative estimate of drug-likeness (QED) is 0.877. The summed E-state index contributed by atoms with van der Waals surface area (Å²) in [6, 6.07) is 3.40. The molecule has 118 valence electrons. The van der Waals surface area contributed by atoms with E-state index in [1.165, 1.54) is 12.5 Å². The van der Waals surface area contributed by atoms with Gasteiger partial charge in [0.1, 0.15) is 5.82 Å². The van der Waals surface area contributed by atoms with Crippen molar-refractivity contribution in [3.8, 4) is 0 Å². The highest BCUT2D eigenvalue weighted by molar-refractivity contribution is 7.89. The molecule has 0 aliphatic heterocycles. The summed E-state index contributed by atoms with van der Waals surface area (Å²) in [4.78, 5) is -0.172. The van der Waals surface area contributed by atoms with Crippen LogP contribution in [0.25, 0.3) is 0 Å². The second kappa shape index (κ2) is 6.85. The fraction of sp³-hybridized carbons (Fsp3) is 0.600. The van der Waals surface area contributed by atoms with Gasteiger partial charge in [0.25, 0.3) is 0 Å². The minimum atomic E-state index is -3.79. The van der Waals surface area contributed by atoms with Crippen LogP contribution < -0.4 is 4.72 Å². The number of sulfonamides is 1. The van der Waals surface area contributed by atoms with Gasteiger partial charge in [-0.05, 0) is 42.4 Å². The molecule has 0 saturated heterocycles. The van der Waals surface area contributed by atoms with Crippen LogP contribution in [-0.2, 0) is 16.6 Å². The van der Waals surface area contributed by atoms with E-state index in [4.69, 9.17) is 0 Å². The van der Waals surface area contributed by atoms with E-state index in [9.17, 15) is 17.9 Å². The fourth-order valence-electron chi connectivity index (χ4n) is 2.96. The highest BCUT2D eigenvalue weighted by atomic mass is 32.2. The molecule has 1 saturated carbocycles. The Morgan fingerprint density at radius 2 is 2.14 bits per heavy atom. The summed E-state index contributed by atoms with van der Waals surface area (Å²) in [7, 11) is -3.79. The average molecular weight is 315 g/mol. The van der Waals surface area contributed by atoms with Gasteiger partial charge in [-0.2, -0.15) is 0 Å². The summed E-state index contributed by atoms with van der Waals surface area (Å²) in [5.41, 5.74) is 0.209. The van der Waals surface area contributed by atoms with E-state index in [-0.39, 0.29) is 10.5 Å². The molecule has 0 heterocycles. The third kappa shape index (κ3) is 4.25. The monoisotopic (exact) mass is 315 g/mol. The lowest BCUT2D eigenvalue weighted by Gasteiger charge is -2.26. The van der Waals surface area contributed by atoms with Crippen molar-refractivity contribution >= 4 is 10.0 Å². The van der Waals surface area contributed by atoms with Crippen molar-refractivity contribution in [3.05, 3.63) is 29.6 Å². The fourth-order valence-corrected chi connectivity index (χ4v) is 4.32. The maximum atomic E-state index is 13.3. The molecule has 1 fully saturated rings. The number of rotatable bonds is 5. The standard InChI is InChI=1S/C15H22FNO3S/c1-11-3-2-4-12(7-11)9-17-21(19,20)15-8-14(16)6-5-13(15)10-18/h5-6,8,11-12,17-18H,2-4,7,9-10H2,1H3. The van der Waals surface area contributed by atoms with Gasteiger partial charge in [0.2, 0.25) is 10.0 Å². The van der Waals surface area contributed by atoms with Crippen molar-refractivity contribution in [1.29, 1.82) is 0 Å². The van der Waals surface area contributed by atoms with E-state index in [2.05, 4.69) is 11.6 Å². The van der Waals surface area contributed by atoms with Crippen molar-refractivity contribution in [2.45, 2.75) is 44.1 Å². The van der Waals surface area contributed by atoms with Crippen LogP contribution in [0.15, 0.2) is 23.1 Å². The zero-order chi connectivity index (χ0) is 15.5. The maximum absolute atomic E-state index is 13.3. The van der Waals surface area contributed by atoms with Gasteiger partial charge in [-0.25, -0.2) is 17.5 Å². The first-order chi connectivity index (χ1) is 9.92. The van der Waals surface area contributed by atoms with E-state index in [0.717, 1.165) is 31.4 Å². The Labute approximate surface area is 125 Å². The largest absolute Gasteiger partial charge is 0.392 e. The maximum Gasteiger partial charge on any atom is 0.241 e. The minimum absolute atomic E-state index is 0.172. The highest BCUT2D eigenvalue weighted by Gasteiger charge is 2.23. The molecule has 1 aliphatic rings. The summed E-state index contributed by atoms with van der Waals surface area (Å²) in [6.45, 7) is 2.11. The number of hydrogen-bond acceptors (Lipinski definition) is 3. The Kier molecular flexibility index (Phi) is 5.35. The molecule has 0 bridgehead atoms. The van der Waals surface area contributed by atoms with Gasteiger partial charge in [-0.1, -0.05) is 25.8 Å². The summed E-state index contributed by atoms with van der Waals surface area (Å²) in [6.07, 6.45) is 4.35. The summed E-state index contributed by atoms with van der Waals surface area (Å²) in [5.74, 6) is 0.323. The van der Waals surface area contributed by atoms with E-state index in [1.807, 2.05) is 0 Å². The van der Waals surface area contributed by atoms with Crippen LogP contribution in [0.1, 0.15) is 38.2 Å². The predicted molar refractivity (Wildman–Crippen MR) is 78.6 cm³/mol. The number of aliphatic hydroxyl groups is 1. The molecule has 0 amide bonds. The van der Waals surface area contributed by atoms with E-state index in [0.29, 0.717) is 18.4 Å². The van der Waals surface area contributed by atoms with Crippen LogP contribution >= 0.6 is 0 Å². The molecule has 21 heavy (non-hydrogen) atoms. The molecule has 6 heteroatoms. The Balaban J connectivity index is 2.09. The summed E-state index contributed by atoms with van der Waals surface area (Å²) >= 11 is 0.